The molecular weight excluding hydrogens is 310 g/mol. The third-order valence-electron chi connectivity index (χ3n) is 4.26. The van der Waals surface area contributed by atoms with Gasteiger partial charge in [-0.05, 0) is 32.6 Å². The number of nitrogens with zero attached hydrogens (tertiary/aromatic N) is 2. The van der Waals surface area contributed by atoms with Crippen LogP contribution in [0.5, 0.6) is 0 Å². The van der Waals surface area contributed by atoms with Crippen molar-refractivity contribution in [1.82, 2.24) is 10.2 Å². The standard InChI is InChI=1S/C17H25N3O4/c1-2-23-17(22)13-5-3-7-20(11-13)12-14(9-18)16(21)19-10-15-6-4-8-24-15/h12-13,15H,2-8,10-11H2,1H3,(H,19,21)/b14-12-. The van der Waals surface area contributed by atoms with E-state index in [0.29, 0.717) is 19.7 Å². The maximum atomic E-state index is 12.1. The highest BCUT2D eigenvalue weighted by Gasteiger charge is 2.26. The van der Waals surface area contributed by atoms with Crippen LogP contribution in [0, 0.1) is 17.2 Å². The zero-order valence-corrected chi connectivity index (χ0v) is 14.1. The highest BCUT2D eigenvalue weighted by atomic mass is 16.5. The molecule has 0 aromatic rings. The van der Waals surface area contributed by atoms with Gasteiger partial charge in [0.05, 0.1) is 18.6 Å². The highest BCUT2D eigenvalue weighted by Crippen LogP contribution is 2.19. The van der Waals surface area contributed by atoms with E-state index in [0.717, 1.165) is 38.8 Å². The van der Waals surface area contributed by atoms with E-state index in [1.54, 1.807) is 13.1 Å². The summed E-state index contributed by atoms with van der Waals surface area (Å²) >= 11 is 0. The lowest BCUT2D eigenvalue weighted by molar-refractivity contribution is -0.149. The summed E-state index contributed by atoms with van der Waals surface area (Å²) in [5.74, 6) is -0.812. The lowest BCUT2D eigenvalue weighted by Gasteiger charge is -2.30. The van der Waals surface area contributed by atoms with Crippen molar-refractivity contribution in [2.75, 3.05) is 32.8 Å². The molecule has 0 aliphatic carbocycles. The predicted molar refractivity (Wildman–Crippen MR) is 86.6 cm³/mol. The SMILES string of the molecule is CCOC(=O)C1CCCN(/C=C(/C#N)C(=O)NCC2CCCO2)C1. The molecule has 2 aliphatic heterocycles. The molecule has 132 valence electrons. The van der Waals surface area contributed by atoms with Crippen LogP contribution < -0.4 is 5.32 Å². The highest BCUT2D eigenvalue weighted by molar-refractivity contribution is 5.97. The smallest absolute Gasteiger partial charge is 0.310 e. The lowest BCUT2D eigenvalue weighted by Crippen LogP contribution is -2.38. The number of ether oxygens (including phenoxy) is 2. The molecule has 2 heterocycles. The molecular formula is C17H25N3O4. The first-order valence-corrected chi connectivity index (χ1v) is 8.56. The molecule has 7 nitrogen and oxygen atoms in total. The molecule has 2 rings (SSSR count). The molecule has 0 saturated carbocycles. The first kappa shape index (κ1) is 18.3. The summed E-state index contributed by atoms with van der Waals surface area (Å²) in [7, 11) is 0. The Morgan fingerprint density at radius 3 is 2.92 bits per heavy atom. The van der Waals surface area contributed by atoms with Gasteiger partial charge >= 0.3 is 5.97 Å². The average Bonchev–Trinajstić information content (AvgIpc) is 3.11. The topological polar surface area (TPSA) is 91.7 Å². The number of carbonyl (C=O) groups excluding carboxylic acids is 2. The first-order chi connectivity index (χ1) is 11.6. The maximum Gasteiger partial charge on any atom is 0.310 e. The Kier molecular flexibility index (Phi) is 7.07. The zero-order chi connectivity index (χ0) is 17.4. The fourth-order valence-corrected chi connectivity index (χ4v) is 3.00. The maximum absolute atomic E-state index is 12.1. The number of likely N-dealkylation sites (tertiary alicyclic amines) is 1. The summed E-state index contributed by atoms with van der Waals surface area (Å²) < 4.78 is 10.5. The molecule has 24 heavy (non-hydrogen) atoms. The van der Waals surface area contributed by atoms with Crippen molar-refractivity contribution >= 4 is 11.9 Å². The van der Waals surface area contributed by atoms with E-state index < -0.39 is 5.91 Å². The van der Waals surface area contributed by atoms with E-state index in [1.165, 1.54) is 0 Å². The number of esters is 1. The number of hydrogen-bond donors (Lipinski definition) is 1. The Labute approximate surface area is 142 Å². The molecule has 1 amide bonds. The van der Waals surface area contributed by atoms with Crippen LogP contribution in [-0.2, 0) is 19.1 Å². The van der Waals surface area contributed by atoms with E-state index in [1.807, 2.05) is 11.0 Å². The Morgan fingerprint density at radius 1 is 1.42 bits per heavy atom. The van der Waals surface area contributed by atoms with Crippen LogP contribution >= 0.6 is 0 Å². The van der Waals surface area contributed by atoms with Crippen LogP contribution in [0.2, 0.25) is 0 Å². The molecule has 2 unspecified atom stereocenters. The normalized spacial score (nSPS) is 24.3. The fraction of sp³-hybridized carbons (Fsp3) is 0.706. The zero-order valence-electron chi connectivity index (χ0n) is 14.1. The number of nitriles is 1. The number of carbonyl (C=O) groups is 2. The van der Waals surface area contributed by atoms with Crippen LogP contribution in [0.25, 0.3) is 0 Å². The van der Waals surface area contributed by atoms with Crippen molar-refractivity contribution in [3.05, 3.63) is 11.8 Å². The summed E-state index contributed by atoms with van der Waals surface area (Å²) in [6.45, 7) is 4.49. The monoisotopic (exact) mass is 335 g/mol. The van der Waals surface area contributed by atoms with Gasteiger partial charge in [0.2, 0.25) is 0 Å². The Morgan fingerprint density at radius 2 is 2.25 bits per heavy atom. The van der Waals surface area contributed by atoms with Crippen molar-refractivity contribution in [1.29, 1.82) is 5.26 Å². The van der Waals surface area contributed by atoms with Crippen molar-refractivity contribution < 1.29 is 19.1 Å². The van der Waals surface area contributed by atoms with Gasteiger partial charge in [-0.1, -0.05) is 0 Å². The number of nitrogens with one attached hydrogen (secondary N) is 1. The van der Waals surface area contributed by atoms with Gasteiger partial charge in [0.1, 0.15) is 11.6 Å². The van der Waals surface area contributed by atoms with Crippen LogP contribution in [0.1, 0.15) is 32.6 Å². The summed E-state index contributed by atoms with van der Waals surface area (Å²) in [6, 6.07) is 1.94. The summed E-state index contributed by atoms with van der Waals surface area (Å²) in [6.07, 6.45) is 5.13. The largest absolute Gasteiger partial charge is 0.466 e. The molecule has 2 fully saturated rings. The molecule has 2 aliphatic rings. The summed E-state index contributed by atoms with van der Waals surface area (Å²) in [5, 5.41) is 12.0. The van der Waals surface area contributed by atoms with Gasteiger partial charge in [-0.15, -0.1) is 0 Å². The molecule has 0 aromatic heterocycles. The minimum atomic E-state index is -0.397. The third kappa shape index (κ3) is 5.24. The minimum Gasteiger partial charge on any atom is -0.466 e. The Bertz CT molecular complexity index is 520. The van der Waals surface area contributed by atoms with Crippen LogP contribution in [0.15, 0.2) is 11.8 Å². The average molecular weight is 335 g/mol. The number of amides is 1. The molecule has 1 N–H and O–H groups in total. The molecule has 7 heteroatoms. The second kappa shape index (κ2) is 9.28. The number of rotatable bonds is 6. The first-order valence-electron chi connectivity index (χ1n) is 8.56. The third-order valence-corrected chi connectivity index (χ3v) is 4.26. The van der Waals surface area contributed by atoms with Gasteiger partial charge < -0.3 is 19.7 Å². The van der Waals surface area contributed by atoms with Crippen LogP contribution in [-0.4, -0.2) is 55.7 Å². The Balaban J connectivity index is 1.89. The van der Waals surface area contributed by atoms with Gasteiger partial charge in [-0.2, -0.15) is 5.26 Å². The van der Waals surface area contributed by atoms with E-state index in [9.17, 15) is 14.9 Å². The van der Waals surface area contributed by atoms with Crippen molar-refractivity contribution in [3.63, 3.8) is 0 Å². The van der Waals surface area contributed by atoms with E-state index in [2.05, 4.69) is 5.32 Å². The van der Waals surface area contributed by atoms with Crippen LogP contribution in [0.4, 0.5) is 0 Å². The van der Waals surface area contributed by atoms with Gasteiger partial charge in [0, 0.05) is 32.4 Å². The van der Waals surface area contributed by atoms with Crippen molar-refractivity contribution in [2.45, 2.75) is 38.7 Å². The van der Waals surface area contributed by atoms with Gasteiger partial charge in [0.25, 0.3) is 5.91 Å². The van der Waals surface area contributed by atoms with Crippen molar-refractivity contribution in [3.8, 4) is 6.07 Å². The molecule has 0 bridgehead atoms. The fourth-order valence-electron chi connectivity index (χ4n) is 3.00. The van der Waals surface area contributed by atoms with Gasteiger partial charge in [0.15, 0.2) is 0 Å². The predicted octanol–water partition coefficient (Wildman–Crippen LogP) is 0.964. The second-order valence-electron chi connectivity index (χ2n) is 6.09. The van der Waals surface area contributed by atoms with Gasteiger partial charge in [-0.25, -0.2) is 0 Å². The molecule has 0 spiro atoms. The quantitative estimate of drug-likeness (QED) is 0.442. The number of piperidine rings is 1. The lowest BCUT2D eigenvalue weighted by atomic mass is 9.98. The van der Waals surface area contributed by atoms with Gasteiger partial charge in [-0.3, -0.25) is 9.59 Å². The van der Waals surface area contributed by atoms with E-state index in [4.69, 9.17) is 9.47 Å². The molecule has 0 aromatic carbocycles. The molecule has 2 atom stereocenters. The summed E-state index contributed by atoms with van der Waals surface area (Å²) in [5.41, 5.74) is 0.0532. The molecule has 0 radical (unpaired) electrons. The summed E-state index contributed by atoms with van der Waals surface area (Å²) in [4.78, 5) is 25.9. The minimum absolute atomic E-state index is 0.0390. The Hall–Kier alpha value is -2.07. The van der Waals surface area contributed by atoms with E-state index in [-0.39, 0.29) is 23.6 Å². The van der Waals surface area contributed by atoms with E-state index >= 15 is 0 Å². The molecule has 2 saturated heterocycles. The van der Waals surface area contributed by atoms with Crippen LogP contribution in [0.3, 0.4) is 0 Å². The van der Waals surface area contributed by atoms with Crippen molar-refractivity contribution in [2.24, 2.45) is 5.92 Å². The second-order valence-corrected chi connectivity index (χ2v) is 6.09. The number of hydrogen-bond acceptors (Lipinski definition) is 6.